The maximum Gasteiger partial charge on any atom is 0.278 e. The van der Waals surface area contributed by atoms with Crippen LogP contribution >= 0.6 is 11.3 Å². The molecule has 0 unspecified atom stereocenters. The second kappa shape index (κ2) is 6.69. The number of nitrogens with zero attached hydrogens (tertiary/aromatic N) is 4. The Labute approximate surface area is 152 Å². The summed E-state index contributed by atoms with van der Waals surface area (Å²) in [4.78, 5) is 26.0. The van der Waals surface area contributed by atoms with Gasteiger partial charge in [-0.1, -0.05) is 17.3 Å². The topological polar surface area (TPSA) is 101 Å². The molecule has 2 heterocycles. The smallest absolute Gasteiger partial charge is 0.278 e. The molecule has 0 saturated carbocycles. The van der Waals surface area contributed by atoms with E-state index in [9.17, 15) is 14.9 Å². The fraction of sp³-hybridized carbons (Fsp3) is 0.278. The lowest BCUT2D eigenvalue weighted by Gasteiger charge is -2.09. The van der Waals surface area contributed by atoms with Crippen molar-refractivity contribution in [1.29, 1.82) is 5.26 Å². The largest absolute Gasteiger partial charge is 0.315 e. The van der Waals surface area contributed by atoms with E-state index < -0.39 is 5.91 Å². The average Bonchev–Trinajstić information content (AvgIpc) is 3.01. The zero-order chi connectivity index (χ0) is 18.1. The molecule has 1 aromatic carbocycles. The quantitative estimate of drug-likeness (QED) is 0.767. The molecule has 0 spiro atoms. The van der Waals surface area contributed by atoms with Crippen LogP contribution in [0, 0.1) is 11.3 Å². The van der Waals surface area contributed by atoms with Crippen molar-refractivity contribution in [3.05, 3.63) is 50.6 Å². The molecule has 0 bridgehead atoms. The minimum Gasteiger partial charge on any atom is -0.315 e. The molecule has 8 heteroatoms. The Morgan fingerprint density at radius 2 is 2.12 bits per heavy atom. The van der Waals surface area contributed by atoms with Crippen LogP contribution in [0.2, 0.25) is 0 Å². The molecule has 1 amide bonds. The molecule has 1 aliphatic carbocycles. The van der Waals surface area contributed by atoms with Crippen molar-refractivity contribution >= 4 is 33.1 Å². The lowest BCUT2D eigenvalue weighted by Crippen LogP contribution is -2.30. The first-order chi connectivity index (χ1) is 12.7. The first-order valence-corrected chi connectivity index (χ1v) is 9.16. The highest BCUT2D eigenvalue weighted by Crippen LogP contribution is 2.37. The number of nitriles is 1. The first-order valence-electron chi connectivity index (χ1n) is 8.34. The van der Waals surface area contributed by atoms with Crippen LogP contribution in [0.3, 0.4) is 0 Å². The summed E-state index contributed by atoms with van der Waals surface area (Å²) in [5, 5.41) is 21.0. The van der Waals surface area contributed by atoms with E-state index in [1.54, 1.807) is 24.3 Å². The highest BCUT2D eigenvalue weighted by atomic mass is 32.1. The van der Waals surface area contributed by atoms with Crippen LogP contribution in [-0.4, -0.2) is 20.9 Å². The van der Waals surface area contributed by atoms with Gasteiger partial charge in [0, 0.05) is 4.88 Å². The van der Waals surface area contributed by atoms with Gasteiger partial charge in [0.15, 0.2) is 0 Å². The highest BCUT2D eigenvalue weighted by molar-refractivity contribution is 7.16. The van der Waals surface area contributed by atoms with Crippen molar-refractivity contribution in [1.82, 2.24) is 15.0 Å². The average molecular weight is 365 g/mol. The van der Waals surface area contributed by atoms with Crippen molar-refractivity contribution in [2.24, 2.45) is 0 Å². The first kappa shape index (κ1) is 16.4. The lowest BCUT2D eigenvalue weighted by atomic mass is 9.96. The van der Waals surface area contributed by atoms with Gasteiger partial charge in [-0.2, -0.15) is 5.26 Å². The van der Waals surface area contributed by atoms with Gasteiger partial charge < -0.3 is 5.32 Å². The third kappa shape index (κ3) is 2.86. The van der Waals surface area contributed by atoms with Crippen molar-refractivity contribution in [2.75, 3.05) is 5.32 Å². The zero-order valence-corrected chi connectivity index (χ0v) is 14.7. The number of rotatable bonds is 3. The van der Waals surface area contributed by atoms with Crippen molar-refractivity contribution in [3.8, 4) is 6.07 Å². The number of carbonyl (C=O) groups excluding carboxylic acids is 1. The number of hydrogen-bond acceptors (Lipinski definition) is 6. The maximum absolute atomic E-state index is 12.4. The summed E-state index contributed by atoms with van der Waals surface area (Å²) >= 11 is 1.45. The van der Waals surface area contributed by atoms with Crippen LogP contribution in [0.25, 0.3) is 10.9 Å². The van der Waals surface area contributed by atoms with Gasteiger partial charge in [-0.05, 0) is 43.4 Å². The van der Waals surface area contributed by atoms with Crippen LogP contribution in [0.5, 0.6) is 0 Å². The number of hydrogen-bond donors (Lipinski definition) is 1. The predicted molar refractivity (Wildman–Crippen MR) is 98.1 cm³/mol. The van der Waals surface area contributed by atoms with Gasteiger partial charge in [0.25, 0.3) is 5.56 Å². The molecule has 130 valence electrons. The van der Waals surface area contributed by atoms with E-state index in [0.717, 1.165) is 35.9 Å². The number of thiophene rings is 1. The van der Waals surface area contributed by atoms with Gasteiger partial charge in [-0.15, -0.1) is 16.4 Å². The highest BCUT2D eigenvalue weighted by Gasteiger charge is 2.22. The summed E-state index contributed by atoms with van der Waals surface area (Å²) in [6, 6.07) is 9.07. The summed E-state index contributed by atoms with van der Waals surface area (Å²) < 4.78 is 1.04. The Morgan fingerprint density at radius 3 is 2.96 bits per heavy atom. The fourth-order valence-corrected chi connectivity index (χ4v) is 4.46. The molecule has 0 radical (unpaired) electrons. The van der Waals surface area contributed by atoms with Gasteiger partial charge in [0.1, 0.15) is 23.1 Å². The molecule has 3 aromatic rings. The molecule has 7 nitrogen and oxygen atoms in total. The molecule has 1 N–H and O–H groups in total. The van der Waals surface area contributed by atoms with E-state index >= 15 is 0 Å². The molecule has 1 aliphatic rings. The molecule has 0 fully saturated rings. The van der Waals surface area contributed by atoms with Crippen molar-refractivity contribution in [2.45, 2.75) is 32.2 Å². The number of fused-ring (bicyclic) bond motifs is 2. The number of nitrogens with one attached hydrogen (secondary N) is 1. The molecular weight excluding hydrogens is 350 g/mol. The third-order valence-electron chi connectivity index (χ3n) is 4.46. The minimum atomic E-state index is -0.397. The Balaban J connectivity index is 1.59. The molecular formula is C18H15N5O2S. The number of aromatic nitrogens is 3. The minimum absolute atomic E-state index is 0.246. The molecule has 26 heavy (non-hydrogen) atoms. The van der Waals surface area contributed by atoms with Crippen LogP contribution in [0.15, 0.2) is 29.1 Å². The molecule has 0 aliphatic heterocycles. The fourth-order valence-electron chi connectivity index (χ4n) is 3.20. The molecule has 4 rings (SSSR count). The standard InChI is InChI=1S/C18H15N5O2S/c19-9-13-11-5-2-4-8-15(11)26-17(13)20-16(24)10-23-18(25)12-6-1-3-7-14(12)21-22-23/h1,3,6-7H,2,4-5,8,10H2,(H,20,24). The van der Waals surface area contributed by atoms with Crippen LogP contribution in [-0.2, 0) is 24.2 Å². The van der Waals surface area contributed by atoms with E-state index in [4.69, 9.17) is 0 Å². The lowest BCUT2D eigenvalue weighted by molar-refractivity contribution is -0.117. The Morgan fingerprint density at radius 1 is 1.31 bits per heavy atom. The van der Waals surface area contributed by atoms with E-state index in [1.807, 2.05) is 0 Å². The van der Waals surface area contributed by atoms with E-state index in [-0.39, 0.29) is 12.1 Å². The van der Waals surface area contributed by atoms with Crippen molar-refractivity contribution < 1.29 is 4.79 Å². The third-order valence-corrected chi connectivity index (χ3v) is 5.67. The number of amides is 1. The normalized spacial score (nSPS) is 13.2. The van der Waals surface area contributed by atoms with E-state index in [0.29, 0.717) is 21.5 Å². The van der Waals surface area contributed by atoms with E-state index in [1.165, 1.54) is 16.2 Å². The van der Waals surface area contributed by atoms with Gasteiger partial charge in [-0.3, -0.25) is 9.59 Å². The molecule has 0 saturated heterocycles. The Hall–Kier alpha value is -3.05. The SMILES string of the molecule is N#Cc1c(NC(=O)Cn2nnc3ccccc3c2=O)sc2c1CCCC2. The molecule has 0 atom stereocenters. The van der Waals surface area contributed by atoms with Gasteiger partial charge >= 0.3 is 0 Å². The number of anilines is 1. The summed E-state index contributed by atoms with van der Waals surface area (Å²) in [6.45, 7) is -0.246. The number of aryl methyl sites for hydroxylation is 1. The van der Waals surface area contributed by atoms with E-state index in [2.05, 4.69) is 21.7 Å². The summed E-state index contributed by atoms with van der Waals surface area (Å²) in [6.07, 6.45) is 3.99. The van der Waals surface area contributed by atoms with Gasteiger partial charge in [-0.25, -0.2) is 4.68 Å². The Kier molecular flexibility index (Phi) is 4.22. The predicted octanol–water partition coefficient (Wildman–Crippen LogP) is 2.24. The number of benzene rings is 1. The Bertz CT molecular complexity index is 1110. The monoisotopic (exact) mass is 365 g/mol. The maximum atomic E-state index is 12.4. The summed E-state index contributed by atoms with van der Waals surface area (Å²) in [5.74, 6) is -0.397. The van der Waals surface area contributed by atoms with Crippen molar-refractivity contribution in [3.63, 3.8) is 0 Å². The second-order valence-electron chi connectivity index (χ2n) is 6.14. The summed E-state index contributed by atoms with van der Waals surface area (Å²) in [5.41, 5.74) is 1.74. The molecule has 2 aromatic heterocycles. The van der Waals surface area contributed by atoms with Crippen LogP contribution < -0.4 is 10.9 Å². The zero-order valence-electron chi connectivity index (χ0n) is 13.9. The second-order valence-corrected chi connectivity index (χ2v) is 7.25. The van der Waals surface area contributed by atoms with Crippen LogP contribution in [0.4, 0.5) is 5.00 Å². The number of carbonyl (C=O) groups is 1. The summed E-state index contributed by atoms with van der Waals surface area (Å²) in [7, 11) is 0. The van der Waals surface area contributed by atoms with Gasteiger partial charge in [0.05, 0.1) is 10.9 Å². The van der Waals surface area contributed by atoms with Gasteiger partial charge in [0.2, 0.25) is 5.91 Å². The van der Waals surface area contributed by atoms with Crippen LogP contribution in [0.1, 0.15) is 28.8 Å².